The Labute approximate surface area is 289 Å². The number of nitrogens with zero attached hydrogens (tertiary/aromatic N) is 3. The van der Waals surface area contributed by atoms with Crippen molar-refractivity contribution in [2.24, 2.45) is 17.3 Å². The summed E-state index contributed by atoms with van der Waals surface area (Å²) >= 11 is 0. The van der Waals surface area contributed by atoms with Crippen LogP contribution in [0.4, 0.5) is 4.79 Å². The van der Waals surface area contributed by atoms with Crippen molar-refractivity contribution in [1.82, 2.24) is 25.6 Å². The summed E-state index contributed by atoms with van der Waals surface area (Å²) in [5.74, 6) is 0.00525. The van der Waals surface area contributed by atoms with Crippen LogP contribution in [0.15, 0.2) is 24.4 Å². The predicted octanol–water partition coefficient (Wildman–Crippen LogP) is 4.65. The number of benzene rings is 1. The highest BCUT2D eigenvalue weighted by molar-refractivity contribution is 6.48. The number of amides is 2. The third kappa shape index (κ3) is 8.23. The van der Waals surface area contributed by atoms with E-state index in [1.807, 2.05) is 26.8 Å². The number of hydrogen-bond acceptors (Lipinski definition) is 10. The second-order valence-electron chi connectivity index (χ2n) is 16.3. The average Bonchev–Trinajstić information content (AvgIpc) is 3.60. The lowest BCUT2D eigenvalue weighted by Crippen LogP contribution is -2.65. The summed E-state index contributed by atoms with van der Waals surface area (Å²) in [7, 11) is 0.810. The van der Waals surface area contributed by atoms with E-state index in [4.69, 9.17) is 23.5 Å². The van der Waals surface area contributed by atoms with Crippen molar-refractivity contribution >= 4 is 25.1 Å². The molecule has 14 heteroatoms. The summed E-state index contributed by atoms with van der Waals surface area (Å²) in [6.45, 7) is 18.0. The smallest absolute Gasteiger partial charge is 0.482 e. The second-order valence-corrected chi connectivity index (χ2v) is 16.3. The first-order chi connectivity index (χ1) is 22.8. The Balaban J connectivity index is 1.30. The number of esters is 1. The largest absolute Gasteiger partial charge is 0.496 e. The number of methoxy groups -OCH3 is 1. The van der Waals surface area contributed by atoms with Crippen molar-refractivity contribution in [1.29, 1.82) is 0 Å². The van der Waals surface area contributed by atoms with Crippen LogP contribution in [-0.2, 0) is 43.1 Å². The molecule has 2 heterocycles. The molecule has 2 bridgehead atoms. The van der Waals surface area contributed by atoms with E-state index in [1.165, 1.54) is 7.11 Å². The van der Waals surface area contributed by atoms with Gasteiger partial charge in [-0.2, -0.15) is 0 Å². The standard InChI is InChI=1S/C35H52BN5O8/c1-32(2,3)46-30(43)24-13-11-12-21(29(24)45-10)16-27(36-48-26-18-22-17-25(34(22,7)8)35(26,9)49-36)38-28(42)14-15-41-20-23(39-40-41)19-37-31(44)47-33(4,5)6/h11-13,20,22,25-27H,14-19H2,1-10H3,(H,37,44)(H,38,42)/t22-,25-,26+,27-,35-/m0/s1. The zero-order valence-electron chi connectivity index (χ0n) is 30.5. The van der Waals surface area contributed by atoms with E-state index in [0.29, 0.717) is 40.8 Å². The maximum Gasteiger partial charge on any atom is 0.482 e. The van der Waals surface area contributed by atoms with E-state index in [2.05, 4.69) is 41.7 Å². The van der Waals surface area contributed by atoms with Crippen molar-refractivity contribution in [3.05, 3.63) is 41.2 Å². The van der Waals surface area contributed by atoms with Crippen LogP contribution in [0.1, 0.15) is 103 Å². The Morgan fingerprint density at radius 1 is 1.08 bits per heavy atom. The van der Waals surface area contributed by atoms with E-state index in [0.717, 1.165) is 12.8 Å². The molecule has 4 fully saturated rings. The number of ether oxygens (including phenoxy) is 3. The molecule has 6 rings (SSSR count). The molecule has 3 saturated carbocycles. The Bertz CT molecular complexity index is 1550. The molecule has 3 aliphatic carbocycles. The molecular formula is C35H52BN5O8. The number of carbonyl (C=O) groups excluding carboxylic acids is 3. The van der Waals surface area contributed by atoms with E-state index >= 15 is 0 Å². The Morgan fingerprint density at radius 3 is 2.45 bits per heavy atom. The van der Waals surface area contributed by atoms with Gasteiger partial charge in [0, 0.05) is 6.42 Å². The van der Waals surface area contributed by atoms with Crippen LogP contribution in [0.25, 0.3) is 0 Å². The number of rotatable bonds is 11. The first kappa shape index (κ1) is 36.6. The average molecular weight is 682 g/mol. The van der Waals surface area contributed by atoms with Crippen molar-refractivity contribution < 1.29 is 37.9 Å². The lowest BCUT2D eigenvalue weighted by atomic mass is 9.43. The van der Waals surface area contributed by atoms with Crippen molar-refractivity contribution in [2.75, 3.05) is 7.11 Å². The number of para-hydroxylation sites is 1. The van der Waals surface area contributed by atoms with Crippen molar-refractivity contribution in [3.63, 3.8) is 0 Å². The zero-order chi connectivity index (χ0) is 35.9. The predicted molar refractivity (Wildman–Crippen MR) is 182 cm³/mol. The second kappa shape index (κ2) is 13.6. The van der Waals surface area contributed by atoms with E-state index < -0.39 is 41.9 Å². The molecule has 1 aliphatic heterocycles. The summed E-state index contributed by atoms with van der Waals surface area (Å²) in [6.07, 6.45) is 3.47. The summed E-state index contributed by atoms with van der Waals surface area (Å²) < 4.78 is 31.6. The van der Waals surface area contributed by atoms with Gasteiger partial charge in [-0.15, -0.1) is 5.10 Å². The first-order valence-electron chi connectivity index (χ1n) is 17.2. The number of aryl methyl sites for hydroxylation is 1. The number of carbonyl (C=O) groups is 3. The molecule has 13 nitrogen and oxygen atoms in total. The van der Waals surface area contributed by atoms with Gasteiger partial charge in [0.15, 0.2) is 0 Å². The lowest BCUT2D eigenvalue weighted by molar-refractivity contribution is -0.199. The fourth-order valence-corrected chi connectivity index (χ4v) is 7.50. The van der Waals surface area contributed by atoms with Crippen LogP contribution in [-0.4, -0.2) is 76.0 Å². The summed E-state index contributed by atoms with van der Waals surface area (Å²) in [5, 5.41) is 14.0. The molecular weight excluding hydrogens is 629 g/mol. The fraction of sp³-hybridized carbons (Fsp3) is 0.686. The number of hydrogen-bond donors (Lipinski definition) is 2. The van der Waals surface area contributed by atoms with Crippen LogP contribution in [0.2, 0.25) is 0 Å². The molecule has 2 aromatic rings. The molecule has 4 aliphatic rings. The number of alkyl carbamates (subject to hydrolysis) is 1. The topological polar surface area (TPSA) is 152 Å². The molecule has 0 unspecified atom stereocenters. The molecule has 1 aromatic heterocycles. The summed E-state index contributed by atoms with van der Waals surface area (Å²) in [6, 6.07) is 5.33. The monoisotopic (exact) mass is 681 g/mol. The molecule has 1 aromatic carbocycles. The van der Waals surface area contributed by atoms with Gasteiger partial charge in [-0.05, 0) is 96.6 Å². The van der Waals surface area contributed by atoms with Gasteiger partial charge in [0.1, 0.15) is 28.2 Å². The Kier molecular flexibility index (Phi) is 10.2. The van der Waals surface area contributed by atoms with Crippen LogP contribution >= 0.6 is 0 Å². The van der Waals surface area contributed by atoms with E-state index in [1.54, 1.807) is 43.8 Å². The van der Waals surface area contributed by atoms with Gasteiger partial charge in [-0.3, -0.25) is 9.48 Å². The number of nitrogens with one attached hydrogen (secondary N) is 2. The van der Waals surface area contributed by atoms with Gasteiger partial charge >= 0.3 is 19.2 Å². The van der Waals surface area contributed by atoms with Crippen LogP contribution < -0.4 is 15.4 Å². The number of aromatic nitrogens is 3. The maximum atomic E-state index is 13.5. The third-order valence-corrected chi connectivity index (χ3v) is 9.97. The molecule has 5 atom stereocenters. The van der Waals surface area contributed by atoms with Gasteiger partial charge in [-0.25, -0.2) is 9.59 Å². The van der Waals surface area contributed by atoms with Gasteiger partial charge in [0.05, 0.1) is 44.0 Å². The Morgan fingerprint density at radius 2 is 1.80 bits per heavy atom. The molecule has 49 heavy (non-hydrogen) atoms. The van der Waals surface area contributed by atoms with Crippen LogP contribution in [0, 0.1) is 17.3 Å². The van der Waals surface area contributed by atoms with Gasteiger partial charge in [0.25, 0.3) is 0 Å². The normalized spacial score (nSPS) is 24.7. The zero-order valence-corrected chi connectivity index (χ0v) is 30.5. The van der Waals surface area contributed by atoms with Crippen molar-refractivity contribution in [3.8, 4) is 5.75 Å². The van der Waals surface area contributed by atoms with Gasteiger partial charge in [0.2, 0.25) is 5.91 Å². The highest BCUT2D eigenvalue weighted by Crippen LogP contribution is 2.65. The third-order valence-electron chi connectivity index (χ3n) is 9.97. The van der Waals surface area contributed by atoms with Gasteiger partial charge in [-0.1, -0.05) is 31.2 Å². The lowest BCUT2D eigenvalue weighted by Gasteiger charge is -2.64. The van der Waals surface area contributed by atoms with E-state index in [-0.39, 0.29) is 36.9 Å². The maximum absolute atomic E-state index is 13.5. The molecule has 1 saturated heterocycles. The summed E-state index contributed by atoms with van der Waals surface area (Å²) in [4.78, 5) is 38.6. The fourth-order valence-electron chi connectivity index (χ4n) is 7.50. The minimum atomic E-state index is -0.708. The first-order valence-corrected chi connectivity index (χ1v) is 17.2. The minimum Gasteiger partial charge on any atom is -0.496 e. The van der Waals surface area contributed by atoms with Crippen molar-refractivity contribution in [2.45, 2.75) is 130 Å². The quantitative estimate of drug-likeness (QED) is 0.253. The minimum absolute atomic E-state index is 0.0773. The summed E-state index contributed by atoms with van der Waals surface area (Å²) in [5.41, 5.74) is -0.0533. The van der Waals surface area contributed by atoms with Gasteiger partial charge < -0.3 is 34.2 Å². The highest BCUT2D eigenvalue weighted by atomic mass is 16.7. The molecule has 0 radical (unpaired) electrons. The SMILES string of the molecule is COc1c(C[C@H](NC(=O)CCn2cc(CNC(=O)OC(C)(C)C)nn2)B2O[C@@H]3C[C@@H]4C[C@@H](C4(C)C)[C@]3(C)O2)cccc1C(=O)OC(C)(C)C. The Hall–Kier alpha value is -3.65. The highest BCUT2D eigenvalue weighted by Gasteiger charge is 2.68. The molecule has 2 amide bonds. The van der Waals surface area contributed by atoms with Crippen LogP contribution in [0.3, 0.4) is 0 Å². The molecule has 0 spiro atoms. The van der Waals surface area contributed by atoms with Crippen LogP contribution in [0.5, 0.6) is 5.75 Å². The molecule has 268 valence electrons. The molecule has 2 N–H and O–H groups in total. The van der Waals surface area contributed by atoms with E-state index in [9.17, 15) is 14.4 Å².